The summed E-state index contributed by atoms with van der Waals surface area (Å²) >= 11 is 0. The fourth-order valence-electron chi connectivity index (χ4n) is 1.98. The van der Waals surface area contributed by atoms with Gasteiger partial charge in [0.15, 0.2) is 0 Å². The summed E-state index contributed by atoms with van der Waals surface area (Å²) in [6, 6.07) is 5.12. The average Bonchev–Trinajstić information content (AvgIpc) is 3.24. The Morgan fingerprint density at radius 3 is 2.59 bits per heavy atom. The summed E-state index contributed by atoms with van der Waals surface area (Å²) in [4.78, 5) is 22.9. The van der Waals surface area contributed by atoms with Crippen LogP contribution in [-0.4, -0.2) is 32.0 Å². The molecule has 0 radical (unpaired) electrons. The quantitative estimate of drug-likeness (QED) is 0.716. The van der Waals surface area contributed by atoms with Gasteiger partial charge in [0.25, 0.3) is 0 Å². The number of hydrogen-bond donors (Lipinski definition) is 3. The summed E-state index contributed by atoms with van der Waals surface area (Å²) in [5, 5.41) is 8.60. The molecule has 122 valence electrons. The number of carbonyl (C=O) groups excluding carboxylic acids is 2. The van der Waals surface area contributed by atoms with Gasteiger partial charge in [-0.3, -0.25) is 9.59 Å². The van der Waals surface area contributed by atoms with Crippen molar-refractivity contribution in [2.45, 2.75) is 19.8 Å². The van der Waals surface area contributed by atoms with Crippen molar-refractivity contribution in [2.24, 2.45) is 5.92 Å². The van der Waals surface area contributed by atoms with Crippen LogP contribution in [0.2, 0.25) is 0 Å². The molecule has 1 aromatic rings. The van der Waals surface area contributed by atoms with Crippen LogP contribution >= 0.6 is 12.4 Å². The van der Waals surface area contributed by atoms with Crippen LogP contribution in [-0.2, 0) is 9.59 Å². The van der Waals surface area contributed by atoms with Crippen LogP contribution < -0.4 is 20.7 Å². The molecule has 22 heavy (non-hydrogen) atoms. The third-order valence-corrected chi connectivity index (χ3v) is 3.21. The number of methoxy groups -OCH3 is 1. The van der Waals surface area contributed by atoms with Crippen molar-refractivity contribution < 1.29 is 14.3 Å². The van der Waals surface area contributed by atoms with Crippen molar-refractivity contribution in [3.05, 3.63) is 18.2 Å². The van der Waals surface area contributed by atoms with Crippen LogP contribution in [0.15, 0.2) is 18.2 Å². The average molecular weight is 328 g/mol. The van der Waals surface area contributed by atoms with Gasteiger partial charge in [-0.2, -0.15) is 0 Å². The van der Waals surface area contributed by atoms with Gasteiger partial charge in [-0.15, -0.1) is 12.4 Å². The van der Waals surface area contributed by atoms with Gasteiger partial charge in [-0.1, -0.05) is 0 Å². The van der Waals surface area contributed by atoms with Gasteiger partial charge in [0.05, 0.1) is 19.3 Å². The first-order valence-corrected chi connectivity index (χ1v) is 7.04. The molecule has 0 unspecified atom stereocenters. The molecule has 1 aliphatic carbocycles. The molecule has 6 nitrogen and oxygen atoms in total. The smallest absolute Gasteiger partial charge is 0.238 e. The van der Waals surface area contributed by atoms with Gasteiger partial charge >= 0.3 is 0 Å². The van der Waals surface area contributed by atoms with Crippen LogP contribution in [0, 0.1) is 5.92 Å². The number of hydrogen-bond acceptors (Lipinski definition) is 4. The van der Waals surface area contributed by atoms with E-state index in [-0.39, 0.29) is 24.2 Å². The summed E-state index contributed by atoms with van der Waals surface area (Å²) in [7, 11) is 1.52. The third kappa shape index (κ3) is 5.91. The highest BCUT2D eigenvalue weighted by Gasteiger charge is 2.20. The van der Waals surface area contributed by atoms with Crippen molar-refractivity contribution in [3.8, 4) is 5.75 Å². The Bertz CT molecular complexity index is 533. The van der Waals surface area contributed by atoms with Gasteiger partial charge in [-0.25, -0.2) is 0 Å². The van der Waals surface area contributed by atoms with E-state index in [1.54, 1.807) is 18.2 Å². The first-order chi connectivity index (χ1) is 10.1. The van der Waals surface area contributed by atoms with Gasteiger partial charge in [0.2, 0.25) is 11.8 Å². The number of benzene rings is 1. The van der Waals surface area contributed by atoms with E-state index in [0.29, 0.717) is 23.7 Å². The summed E-state index contributed by atoms with van der Waals surface area (Å²) < 4.78 is 5.21. The Labute approximate surface area is 136 Å². The molecular weight excluding hydrogens is 306 g/mol. The van der Waals surface area contributed by atoms with Crippen molar-refractivity contribution in [3.63, 3.8) is 0 Å². The molecule has 2 rings (SSSR count). The van der Waals surface area contributed by atoms with Crippen molar-refractivity contribution in [1.82, 2.24) is 5.32 Å². The van der Waals surface area contributed by atoms with E-state index < -0.39 is 0 Å². The number of halogens is 1. The van der Waals surface area contributed by atoms with E-state index in [1.807, 2.05) is 0 Å². The van der Waals surface area contributed by atoms with Crippen LogP contribution in [0.4, 0.5) is 11.4 Å². The van der Waals surface area contributed by atoms with E-state index in [0.717, 1.165) is 12.5 Å². The van der Waals surface area contributed by atoms with Crippen LogP contribution in [0.25, 0.3) is 0 Å². The Kier molecular flexibility index (Phi) is 7.14. The largest absolute Gasteiger partial charge is 0.494 e. The van der Waals surface area contributed by atoms with Gasteiger partial charge in [-0.05, 0) is 37.4 Å². The van der Waals surface area contributed by atoms with Gasteiger partial charge in [0.1, 0.15) is 5.75 Å². The van der Waals surface area contributed by atoms with Crippen LogP contribution in [0.5, 0.6) is 5.75 Å². The maximum absolute atomic E-state index is 11.8. The van der Waals surface area contributed by atoms with E-state index in [1.165, 1.54) is 26.9 Å². The molecular formula is C15H22ClN3O3. The molecule has 1 fully saturated rings. The molecule has 1 aromatic carbocycles. The molecule has 0 aliphatic heterocycles. The summed E-state index contributed by atoms with van der Waals surface area (Å²) in [5.74, 6) is 0.989. The molecule has 0 spiro atoms. The molecule has 1 aliphatic rings. The van der Waals surface area contributed by atoms with Crippen molar-refractivity contribution >= 4 is 35.6 Å². The fraction of sp³-hybridized carbons (Fsp3) is 0.467. The van der Waals surface area contributed by atoms with Crippen LogP contribution in [0.3, 0.4) is 0 Å². The molecule has 3 N–H and O–H groups in total. The molecule has 0 heterocycles. The van der Waals surface area contributed by atoms with E-state index in [2.05, 4.69) is 16.0 Å². The lowest BCUT2D eigenvalue weighted by Gasteiger charge is -2.12. The molecule has 7 heteroatoms. The van der Waals surface area contributed by atoms with E-state index in [4.69, 9.17) is 4.74 Å². The first kappa shape index (κ1) is 18.3. The Balaban J connectivity index is 0.00000242. The van der Waals surface area contributed by atoms with Gasteiger partial charge in [0, 0.05) is 18.7 Å². The Hall–Kier alpha value is -1.79. The third-order valence-electron chi connectivity index (χ3n) is 3.21. The summed E-state index contributed by atoms with van der Waals surface area (Å²) in [6.45, 7) is 2.63. The number of amides is 2. The lowest BCUT2D eigenvalue weighted by molar-refractivity contribution is -0.115. The zero-order valence-corrected chi connectivity index (χ0v) is 13.6. The van der Waals surface area contributed by atoms with Crippen molar-refractivity contribution in [2.75, 3.05) is 30.8 Å². The summed E-state index contributed by atoms with van der Waals surface area (Å²) in [6.07, 6.45) is 2.52. The van der Waals surface area contributed by atoms with Crippen LogP contribution in [0.1, 0.15) is 19.8 Å². The number of anilines is 2. The maximum Gasteiger partial charge on any atom is 0.238 e. The SMILES string of the molecule is COc1cc(NC(=O)CNCC2CC2)ccc1NC(C)=O.Cl. The molecule has 0 atom stereocenters. The monoisotopic (exact) mass is 327 g/mol. The molecule has 0 aromatic heterocycles. The number of nitrogens with one attached hydrogen (secondary N) is 3. The lowest BCUT2D eigenvalue weighted by Crippen LogP contribution is -2.29. The topological polar surface area (TPSA) is 79.5 Å². The van der Waals surface area contributed by atoms with E-state index in [9.17, 15) is 9.59 Å². The summed E-state index contributed by atoms with van der Waals surface area (Å²) in [5.41, 5.74) is 1.22. The minimum absolute atomic E-state index is 0. The molecule has 0 saturated heterocycles. The maximum atomic E-state index is 11.8. The highest BCUT2D eigenvalue weighted by Crippen LogP contribution is 2.28. The second-order valence-corrected chi connectivity index (χ2v) is 5.22. The van der Waals surface area contributed by atoms with Crippen molar-refractivity contribution in [1.29, 1.82) is 0 Å². The fourth-order valence-corrected chi connectivity index (χ4v) is 1.98. The second-order valence-electron chi connectivity index (χ2n) is 5.22. The predicted octanol–water partition coefficient (Wildman–Crippen LogP) is 2.01. The molecule has 0 bridgehead atoms. The molecule has 2 amide bonds. The highest BCUT2D eigenvalue weighted by atomic mass is 35.5. The Morgan fingerprint density at radius 1 is 1.27 bits per heavy atom. The Morgan fingerprint density at radius 2 is 2.00 bits per heavy atom. The second kappa shape index (κ2) is 8.60. The number of ether oxygens (including phenoxy) is 1. The highest BCUT2D eigenvalue weighted by molar-refractivity contribution is 5.94. The van der Waals surface area contributed by atoms with Gasteiger partial charge < -0.3 is 20.7 Å². The first-order valence-electron chi connectivity index (χ1n) is 7.04. The zero-order chi connectivity index (χ0) is 15.2. The number of carbonyl (C=O) groups is 2. The molecule has 1 saturated carbocycles. The zero-order valence-electron chi connectivity index (χ0n) is 12.8. The number of rotatable bonds is 7. The minimum atomic E-state index is -0.172. The minimum Gasteiger partial charge on any atom is -0.494 e. The van der Waals surface area contributed by atoms with E-state index >= 15 is 0 Å². The normalized spacial score (nSPS) is 13.0. The standard InChI is InChI=1S/C15H21N3O3.ClH/c1-10(19)17-13-6-5-12(7-14(13)21-2)18-15(20)9-16-8-11-3-4-11;/h5-7,11,16H,3-4,8-9H2,1-2H3,(H,17,19)(H,18,20);1H. The lowest BCUT2D eigenvalue weighted by atomic mass is 10.2. The predicted molar refractivity (Wildman–Crippen MR) is 88.8 cm³/mol.